The van der Waals surface area contributed by atoms with Crippen LogP contribution in [0.25, 0.3) is 0 Å². The number of sulfone groups is 1. The van der Waals surface area contributed by atoms with E-state index in [1.165, 1.54) is 4.90 Å². The fraction of sp³-hybridized carbons (Fsp3) is 0.900. The fourth-order valence-electron chi connectivity index (χ4n) is 5.04. The van der Waals surface area contributed by atoms with E-state index in [0.717, 1.165) is 19.3 Å². The average Bonchev–Trinajstić information content (AvgIpc) is 3.11. The molecular weight excluding hydrogens is 378 g/mol. The van der Waals surface area contributed by atoms with Gasteiger partial charge >= 0.3 is 6.03 Å². The first-order valence-corrected chi connectivity index (χ1v) is 12.4. The SMILES string of the molecule is CCN(CN1C(=O)NC2(CCC(C(C)(C)CC)CC2)C1=O)[C@H]1CCS(=O)(=O)C1. The molecular formula is C20H35N3O4S. The number of amides is 3. The molecule has 1 aliphatic carbocycles. The predicted molar refractivity (Wildman–Crippen MR) is 108 cm³/mol. The Morgan fingerprint density at radius 2 is 1.82 bits per heavy atom. The van der Waals surface area contributed by atoms with E-state index in [9.17, 15) is 18.0 Å². The van der Waals surface area contributed by atoms with Gasteiger partial charge < -0.3 is 5.32 Å². The lowest BCUT2D eigenvalue weighted by atomic mass is 9.65. The van der Waals surface area contributed by atoms with Gasteiger partial charge in [0.15, 0.2) is 9.84 Å². The molecule has 0 aromatic carbocycles. The van der Waals surface area contributed by atoms with E-state index in [4.69, 9.17) is 0 Å². The molecule has 28 heavy (non-hydrogen) atoms. The second kappa shape index (κ2) is 7.59. The van der Waals surface area contributed by atoms with Gasteiger partial charge in [-0.05, 0) is 50.0 Å². The third-order valence-corrected chi connectivity index (χ3v) is 9.31. The van der Waals surface area contributed by atoms with E-state index in [2.05, 4.69) is 26.1 Å². The number of nitrogens with zero attached hydrogens (tertiary/aromatic N) is 2. The molecule has 2 saturated heterocycles. The van der Waals surface area contributed by atoms with Crippen molar-refractivity contribution in [3.05, 3.63) is 0 Å². The molecule has 0 aromatic heterocycles. The Bertz CT molecular complexity index is 726. The second-order valence-corrected chi connectivity index (χ2v) is 11.7. The molecule has 160 valence electrons. The molecule has 2 heterocycles. The smallest absolute Gasteiger partial charge is 0.323 e. The summed E-state index contributed by atoms with van der Waals surface area (Å²) >= 11 is 0. The molecule has 3 rings (SSSR count). The van der Waals surface area contributed by atoms with E-state index < -0.39 is 15.4 Å². The summed E-state index contributed by atoms with van der Waals surface area (Å²) in [5, 5.41) is 2.99. The number of carbonyl (C=O) groups excluding carboxylic acids is 2. The molecule has 0 bridgehead atoms. The van der Waals surface area contributed by atoms with Crippen LogP contribution in [0.15, 0.2) is 0 Å². The van der Waals surface area contributed by atoms with Crippen LogP contribution in [-0.4, -0.2) is 66.5 Å². The molecule has 0 radical (unpaired) electrons. The largest absolute Gasteiger partial charge is 0.326 e. The van der Waals surface area contributed by atoms with Crippen LogP contribution in [0.1, 0.15) is 66.2 Å². The first-order valence-electron chi connectivity index (χ1n) is 10.6. The van der Waals surface area contributed by atoms with Crippen molar-refractivity contribution in [3.63, 3.8) is 0 Å². The summed E-state index contributed by atoms with van der Waals surface area (Å²) in [6.45, 7) is 9.50. The van der Waals surface area contributed by atoms with Gasteiger partial charge in [0, 0.05) is 6.04 Å². The van der Waals surface area contributed by atoms with Crippen molar-refractivity contribution in [2.24, 2.45) is 11.3 Å². The monoisotopic (exact) mass is 413 g/mol. The Labute approximate surface area is 169 Å². The molecule has 0 aromatic rings. The minimum Gasteiger partial charge on any atom is -0.323 e. The van der Waals surface area contributed by atoms with Crippen molar-refractivity contribution >= 4 is 21.8 Å². The highest BCUT2D eigenvalue weighted by molar-refractivity contribution is 7.91. The zero-order chi connectivity index (χ0) is 20.7. The zero-order valence-electron chi connectivity index (χ0n) is 17.7. The number of rotatable bonds is 6. The summed E-state index contributed by atoms with van der Waals surface area (Å²) in [6, 6.07) is -0.453. The number of carbonyl (C=O) groups is 2. The van der Waals surface area contributed by atoms with Crippen LogP contribution in [-0.2, 0) is 14.6 Å². The standard InChI is InChI=1S/C20H35N3O4S/c1-5-19(3,4)15-7-10-20(11-8-15)17(24)23(18(25)21-20)14-22(6-2)16-9-12-28(26,27)13-16/h15-16H,5-14H2,1-4H3,(H,21,25)/t15?,16-,20?/m0/s1. The lowest BCUT2D eigenvalue weighted by Crippen LogP contribution is -2.51. The van der Waals surface area contributed by atoms with E-state index >= 15 is 0 Å². The molecule has 7 nitrogen and oxygen atoms in total. The maximum atomic E-state index is 13.2. The third-order valence-electron chi connectivity index (χ3n) is 7.56. The Balaban J connectivity index is 1.67. The molecule has 3 fully saturated rings. The van der Waals surface area contributed by atoms with Crippen LogP contribution in [0.4, 0.5) is 4.79 Å². The molecule has 3 amide bonds. The molecule has 1 spiro atoms. The Hall–Kier alpha value is -1.15. The van der Waals surface area contributed by atoms with Gasteiger partial charge in [-0.2, -0.15) is 0 Å². The van der Waals surface area contributed by atoms with Gasteiger partial charge in [-0.25, -0.2) is 18.1 Å². The van der Waals surface area contributed by atoms with Crippen molar-refractivity contribution in [3.8, 4) is 0 Å². The second-order valence-electron chi connectivity index (χ2n) is 9.47. The maximum absolute atomic E-state index is 13.2. The Morgan fingerprint density at radius 1 is 1.18 bits per heavy atom. The minimum atomic E-state index is -3.01. The normalized spacial score (nSPS) is 33.1. The third kappa shape index (κ3) is 3.95. The molecule has 1 saturated carbocycles. The summed E-state index contributed by atoms with van der Waals surface area (Å²) in [5.74, 6) is 0.735. The van der Waals surface area contributed by atoms with Gasteiger partial charge in [0.1, 0.15) is 5.54 Å². The average molecular weight is 414 g/mol. The summed E-state index contributed by atoms with van der Waals surface area (Å²) in [6.07, 6.45) is 4.93. The van der Waals surface area contributed by atoms with Gasteiger partial charge in [0.2, 0.25) is 0 Å². The topological polar surface area (TPSA) is 86.8 Å². The summed E-state index contributed by atoms with van der Waals surface area (Å²) < 4.78 is 23.6. The molecule has 1 N–H and O–H groups in total. The summed E-state index contributed by atoms with van der Waals surface area (Å²) in [4.78, 5) is 29.1. The summed E-state index contributed by atoms with van der Waals surface area (Å²) in [5.41, 5.74) is -0.515. The lowest BCUT2D eigenvalue weighted by molar-refractivity contribution is -0.134. The highest BCUT2D eigenvalue weighted by atomic mass is 32.2. The van der Waals surface area contributed by atoms with Gasteiger partial charge in [0.25, 0.3) is 5.91 Å². The van der Waals surface area contributed by atoms with E-state index in [0.29, 0.717) is 31.7 Å². The van der Waals surface area contributed by atoms with E-state index in [1.54, 1.807) is 0 Å². The van der Waals surface area contributed by atoms with Crippen LogP contribution >= 0.6 is 0 Å². The molecule has 0 unspecified atom stereocenters. The number of urea groups is 1. The van der Waals surface area contributed by atoms with Crippen LogP contribution in [0.3, 0.4) is 0 Å². The highest BCUT2D eigenvalue weighted by Gasteiger charge is 2.54. The minimum absolute atomic E-state index is 0.114. The predicted octanol–water partition coefficient (Wildman–Crippen LogP) is 2.37. The lowest BCUT2D eigenvalue weighted by Gasteiger charge is -2.42. The summed E-state index contributed by atoms with van der Waals surface area (Å²) in [7, 11) is -3.01. The van der Waals surface area contributed by atoms with Gasteiger partial charge in [-0.3, -0.25) is 9.69 Å². The fourth-order valence-corrected chi connectivity index (χ4v) is 6.80. The molecule has 3 aliphatic rings. The van der Waals surface area contributed by atoms with Crippen LogP contribution in [0, 0.1) is 11.3 Å². The van der Waals surface area contributed by atoms with Crippen molar-refractivity contribution in [1.82, 2.24) is 15.1 Å². The van der Waals surface area contributed by atoms with Crippen molar-refractivity contribution in [1.29, 1.82) is 0 Å². The maximum Gasteiger partial charge on any atom is 0.326 e. The van der Waals surface area contributed by atoms with E-state index in [-0.39, 0.29) is 41.6 Å². The van der Waals surface area contributed by atoms with Crippen molar-refractivity contribution in [2.75, 3.05) is 24.7 Å². The Morgan fingerprint density at radius 3 is 2.32 bits per heavy atom. The van der Waals surface area contributed by atoms with Crippen LogP contribution in [0.5, 0.6) is 0 Å². The van der Waals surface area contributed by atoms with Crippen LogP contribution < -0.4 is 5.32 Å². The highest BCUT2D eigenvalue weighted by Crippen LogP contribution is 2.45. The van der Waals surface area contributed by atoms with Gasteiger partial charge in [-0.15, -0.1) is 0 Å². The Kier molecular flexibility index (Phi) is 5.85. The first kappa shape index (κ1) is 21.6. The first-order chi connectivity index (χ1) is 13.0. The molecule has 2 aliphatic heterocycles. The van der Waals surface area contributed by atoms with E-state index in [1.807, 2.05) is 11.8 Å². The number of hydrogen-bond acceptors (Lipinski definition) is 5. The molecule has 1 atom stereocenters. The zero-order valence-corrected chi connectivity index (χ0v) is 18.5. The quantitative estimate of drug-likeness (QED) is 0.676. The number of imide groups is 1. The van der Waals surface area contributed by atoms with Crippen molar-refractivity contribution < 1.29 is 18.0 Å². The van der Waals surface area contributed by atoms with Crippen molar-refractivity contribution in [2.45, 2.75) is 77.8 Å². The molecule has 8 heteroatoms. The van der Waals surface area contributed by atoms with Gasteiger partial charge in [0.05, 0.1) is 18.2 Å². The van der Waals surface area contributed by atoms with Gasteiger partial charge in [-0.1, -0.05) is 34.1 Å². The van der Waals surface area contributed by atoms with Crippen LogP contribution in [0.2, 0.25) is 0 Å². The number of hydrogen-bond donors (Lipinski definition) is 1. The number of nitrogens with one attached hydrogen (secondary N) is 1.